The number of nitrogens with one attached hydrogen (secondary N) is 1. The Morgan fingerprint density at radius 1 is 1.27 bits per heavy atom. The quantitative estimate of drug-likeness (QED) is 0.801. The number of hydrogen-bond acceptors (Lipinski definition) is 4. The number of rotatable bonds is 8. The number of hydrogen-bond donors (Lipinski definition) is 1. The zero-order valence-corrected chi connectivity index (χ0v) is 13.4. The first-order chi connectivity index (χ1) is 10.7. The van der Waals surface area contributed by atoms with E-state index in [-0.39, 0.29) is 12.0 Å². The van der Waals surface area contributed by atoms with E-state index in [9.17, 15) is 4.79 Å². The fraction of sp³-hybridized carbons (Fsp3) is 0.588. The average Bonchev–Trinajstić information content (AvgIpc) is 3.04. The monoisotopic (exact) mass is 307 g/mol. The Hall–Kier alpha value is -1.75. The maximum Gasteiger partial charge on any atom is 0.249 e. The standard InChI is InChI=1S/C17H25NO4/c1-3-20-14-8-7-13(12-16(14)21-4-2)9-10-18-17(19)15-6-5-11-22-15/h7-8,12,15H,3-6,9-11H2,1-2H3,(H,18,19). The van der Waals surface area contributed by atoms with Gasteiger partial charge in [0, 0.05) is 13.2 Å². The van der Waals surface area contributed by atoms with Crippen LogP contribution in [0.15, 0.2) is 18.2 Å². The Kier molecular flexibility index (Phi) is 6.52. The topological polar surface area (TPSA) is 56.8 Å². The molecular weight excluding hydrogens is 282 g/mol. The Morgan fingerprint density at radius 2 is 2.05 bits per heavy atom. The Bertz CT molecular complexity index is 484. The summed E-state index contributed by atoms with van der Waals surface area (Å²) in [4.78, 5) is 11.9. The first kappa shape index (κ1) is 16.6. The van der Waals surface area contributed by atoms with Gasteiger partial charge in [-0.1, -0.05) is 6.07 Å². The van der Waals surface area contributed by atoms with Gasteiger partial charge in [0.25, 0.3) is 0 Å². The lowest BCUT2D eigenvalue weighted by molar-refractivity contribution is -0.129. The molecule has 1 heterocycles. The molecule has 122 valence electrons. The van der Waals surface area contributed by atoms with Crippen LogP contribution in [0, 0.1) is 0 Å². The van der Waals surface area contributed by atoms with Gasteiger partial charge in [0.15, 0.2) is 11.5 Å². The Balaban J connectivity index is 1.86. The molecule has 1 aliphatic rings. The van der Waals surface area contributed by atoms with Crippen molar-refractivity contribution in [2.75, 3.05) is 26.4 Å². The third-order valence-corrected chi connectivity index (χ3v) is 3.54. The summed E-state index contributed by atoms with van der Waals surface area (Å²) >= 11 is 0. The van der Waals surface area contributed by atoms with E-state index >= 15 is 0 Å². The van der Waals surface area contributed by atoms with Crippen molar-refractivity contribution in [3.8, 4) is 11.5 Å². The van der Waals surface area contributed by atoms with Crippen LogP contribution in [-0.4, -0.2) is 38.4 Å². The van der Waals surface area contributed by atoms with Crippen LogP contribution in [0.5, 0.6) is 11.5 Å². The molecule has 1 aromatic rings. The van der Waals surface area contributed by atoms with E-state index in [1.807, 2.05) is 32.0 Å². The molecule has 1 N–H and O–H groups in total. The van der Waals surface area contributed by atoms with Gasteiger partial charge in [-0.05, 0) is 50.8 Å². The first-order valence-electron chi connectivity index (χ1n) is 8.02. The molecule has 1 saturated heterocycles. The minimum absolute atomic E-state index is 0.00605. The maximum atomic E-state index is 11.9. The normalized spacial score (nSPS) is 17.3. The third-order valence-electron chi connectivity index (χ3n) is 3.54. The van der Waals surface area contributed by atoms with Gasteiger partial charge in [0.2, 0.25) is 5.91 Å². The van der Waals surface area contributed by atoms with Crippen LogP contribution in [-0.2, 0) is 16.0 Å². The van der Waals surface area contributed by atoms with Crippen molar-refractivity contribution in [1.29, 1.82) is 0 Å². The van der Waals surface area contributed by atoms with Crippen molar-refractivity contribution in [2.45, 2.75) is 39.2 Å². The van der Waals surface area contributed by atoms with E-state index in [4.69, 9.17) is 14.2 Å². The lowest BCUT2D eigenvalue weighted by Crippen LogP contribution is -2.35. The number of ether oxygens (including phenoxy) is 3. The summed E-state index contributed by atoms with van der Waals surface area (Å²) in [6.45, 7) is 6.39. The van der Waals surface area contributed by atoms with Crippen LogP contribution in [0.4, 0.5) is 0 Å². The highest BCUT2D eigenvalue weighted by Crippen LogP contribution is 2.28. The minimum atomic E-state index is -0.265. The van der Waals surface area contributed by atoms with Gasteiger partial charge in [0.05, 0.1) is 13.2 Å². The van der Waals surface area contributed by atoms with Crippen LogP contribution in [0.2, 0.25) is 0 Å². The number of carbonyl (C=O) groups is 1. The number of amides is 1. The molecule has 0 saturated carbocycles. The van der Waals surface area contributed by atoms with Gasteiger partial charge in [-0.15, -0.1) is 0 Å². The smallest absolute Gasteiger partial charge is 0.249 e. The summed E-state index contributed by atoms with van der Waals surface area (Å²) < 4.78 is 16.5. The second-order valence-electron chi connectivity index (χ2n) is 5.19. The van der Waals surface area contributed by atoms with Crippen molar-refractivity contribution >= 4 is 5.91 Å². The molecule has 0 radical (unpaired) electrons. The molecule has 1 unspecified atom stereocenters. The van der Waals surface area contributed by atoms with Crippen LogP contribution in [0.1, 0.15) is 32.3 Å². The van der Waals surface area contributed by atoms with Crippen LogP contribution >= 0.6 is 0 Å². The molecule has 1 aromatic carbocycles. The first-order valence-corrected chi connectivity index (χ1v) is 8.02. The summed E-state index contributed by atoms with van der Waals surface area (Å²) in [5.41, 5.74) is 1.11. The van der Waals surface area contributed by atoms with Crippen molar-refractivity contribution in [3.63, 3.8) is 0 Å². The minimum Gasteiger partial charge on any atom is -0.490 e. The van der Waals surface area contributed by atoms with E-state index in [1.54, 1.807) is 0 Å². The third kappa shape index (κ3) is 4.63. The van der Waals surface area contributed by atoms with Gasteiger partial charge < -0.3 is 19.5 Å². The van der Waals surface area contributed by atoms with Crippen LogP contribution < -0.4 is 14.8 Å². The van der Waals surface area contributed by atoms with E-state index in [1.165, 1.54) is 0 Å². The zero-order chi connectivity index (χ0) is 15.8. The molecule has 2 rings (SSSR count). The molecule has 0 bridgehead atoms. The van der Waals surface area contributed by atoms with Crippen LogP contribution in [0.3, 0.4) is 0 Å². The van der Waals surface area contributed by atoms with Crippen molar-refractivity contribution in [1.82, 2.24) is 5.32 Å². The SMILES string of the molecule is CCOc1ccc(CCNC(=O)C2CCCO2)cc1OCC. The molecule has 0 aromatic heterocycles. The highest BCUT2D eigenvalue weighted by atomic mass is 16.5. The summed E-state index contributed by atoms with van der Waals surface area (Å²) in [7, 11) is 0. The summed E-state index contributed by atoms with van der Waals surface area (Å²) in [6.07, 6.45) is 2.28. The van der Waals surface area contributed by atoms with Gasteiger partial charge in [-0.25, -0.2) is 0 Å². The predicted molar refractivity (Wildman–Crippen MR) is 84.5 cm³/mol. The van der Waals surface area contributed by atoms with Crippen molar-refractivity contribution in [2.24, 2.45) is 0 Å². The molecule has 1 fully saturated rings. The second kappa shape index (κ2) is 8.63. The second-order valence-corrected chi connectivity index (χ2v) is 5.19. The lowest BCUT2D eigenvalue weighted by Gasteiger charge is -2.13. The highest BCUT2D eigenvalue weighted by molar-refractivity contribution is 5.80. The van der Waals surface area contributed by atoms with E-state index in [0.717, 1.165) is 36.3 Å². The molecule has 1 amide bonds. The molecule has 1 aliphatic heterocycles. The van der Waals surface area contributed by atoms with Crippen LogP contribution in [0.25, 0.3) is 0 Å². The fourth-order valence-electron chi connectivity index (χ4n) is 2.48. The summed E-state index contributed by atoms with van der Waals surface area (Å²) in [6, 6.07) is 5.91. The van der Waals surface area contributed by atoms with Gasteiger partial charge in [-0.2, -0.15) is 0 Å². The van der Waals surface area contributed by atoms with E-state index in [0.29, 0.717) is 26.4 Å². The molecule has 22 heavy (non-hydrogen) atoms. The van der Waals surface area contributed by atoms with Crippen molar-refractivity contribution in [3.05, 3.63) is 23.8 Å². The van der Waals surface area contributed by atoms with Crippen molar-refractivity contribution < 1.29 is 19.0 Å². The number of benzene rings is 1. The molecule has 5 heteroatoms. The summed E-state index contributed by atoms with van der Waals surface area (Å²) in [5, 5.41) is 2.93. The Labute approximate surface area is 131 Å². The molecule has 1 atom stereocenters. The zero-order valence-electron chi connectivity index (χ0n) is 13.4. The summed E-state index contributed by atoms with van der Waals surface area (Å²) in [5.74, 6) is 1.51. The maximum absolute atomic E-state index is 11.9. The molecule has 0 spiro atoms. The van der Waals surface area contributed by atoms with Gasteiger partial charge >= 0.3 is 0 Å². The predicted octanol–water partition coefficient (Wildman–Crippen LogP) is 2.32. The lowest BCUT2D eigenvalue weighted by atomic mass is 10.1. The number of carbonyl (C=O) groups excluding carboxylic acids is 1. The molecule has 5 nitrogen and oxygen atoms in total. The molecule has 0 aliphatic carbocycles. The molecular formula is C17H25NO4. The Morgan fingerprint density at radius 3 is 2.73 bits per heavy atom. The highest BCUT2D eigenvalue weighted by Gasteiger charge is 2.22. The van der Waals surface area contributed by atoms with Gasteiger partial charge in [-0.3, -0.25) is 4.79 Å². The van der Waals surface area contributed by atoms with Gasteiger partial charge in [0.1, 0.15) is 6.10 Å². The van der Waals surface area contributed by atoms with E-state index in [2.05, 4.69) is 5.32 Å². The largest absolute Gasteiger partial charge is 0.490 e. The van der Waals surface area contributed by atoms with E-state index < -0.39 is 0 Å². The fourth-order valence-corrected chi connectivity index (χ4v) is 2.48. The average molecular weight is 307 g/mol.